The van der Waals surface area contributed by atoms with Crippen molar-refractivity contribution in [2.24, 2.45) is 5.73 Å². The average Bonchev–Trinajstić information content (AvgIpc) is 3.06. The van der Waals surface area contributed by atoms with Crippen molar-refractivity contribution in [2.45, 2.75) is 12.6 Å². The van der Waals surface area contributed by atoms with Crippen LogP contribution >= 0.6 is 11.3 Å². The Morgan fingerprint density at radius 3 is 3.21 bits per heavy atom. The zero-order valence-electron chi connectivity index (χ0n) is 10.5. The molecule has 0 aliphatic carbocycles. The zero-order chi connectivity index (χ0) is 13.7. The summed E-state index contributed by atoms with van der Waals surface area (Å²) in [5, 5.41) is 4.63. The summed E-state index contributed by atoms with van der Waals surface area (Å²) in [6, 6.07) is 3.18. The number of nitrogens with zero attached hydrogens (tertiary/aromatic N) is 1. The lowest BCUT2D eigenvalue weighted by molar-refractivity contribution is -0.123. The van der Waals surface area contributed by atoms with Gasteiger partial charge in [0.05, 0.1) is 23.7 Å². The highest BCUT2D eigenvalue weighted by molar-refractivity contribution is 7.13. The highest BCUT2D eigenvalue weighted by Crippen LogP contribution is 2.23. The number of hydrogen-bond acceptors (Lipinski definition) is 6. The van der Waals surface area contributed by atoms with Gasteiger partial charge >= 0.3 is 0 Å². The Labute approximate surface area is 114 Å². The first-order valence-electron chi connectivity index (χ1n) is 5.71. The van der Waals surface area contributed by atoms with E-state index in [-0.39, 0.29) is 19.1 Å². The highest BCUT2D eigenvalue weighted by atomic mass is 32.1. The molecular formula is C12H15N3O3S. The van der Waals surface area contributed by atoms with Crippen LogP contribution in [-0.2, 0) is 16.1 Å². The lowest BCUT2D eigenvalue weighted by Gasteiger charge is -2.09. The molecule has 2 aromatic rings. The van der Waals surface area contributed by atoms with E-state index >= 15 is 0 Å². The molecule has 0 aliphatic rings. The van der Waals surface area contributed by atoms with Crippen molar-refractivity contribution in [3.63, 3.8) is 0 Å². The molecule has 0 spiro atoms. The molecule has 7 heteroatoms. The van der Waals surface area contributed by atoms with Crippen LogP contribution < -0.4 is 11.1 Å². The van der Waals surface area contributed by atoms with Crippen molar-refractivity contribution < 1.29 is 13.9 Å². The fourth-order valence-corrected chi connectivity index (χ4v) is 2.12. The van der Waals surface area contributed by atoms with Gasteiger partial charge < -0.3 is 20.2 Å². The Hall–Kier alpha value is -1.70. The monoisotopic (exact) mass is 281 g/mol. The third-order valence-electron chi connectivity index (χ3n) is 2.41. The van der Waals surface area contributed by atoms with E-state index in [0.29, 0.717) is 11.6 Å². The Bertz CT molecular complexity index is 524. The van der Waals surface area contributed by atoms with Crippen LogP contribution in [0, 0.1) is 0 Å². The first-order chi connectivity index (χ1) is 9.20. The number of nitrogens with one attached hydrogen (secondary N) is 1. The van der Waals surface area contributed by atoms with E-state index in [2.05, 4.69) is 10.3 Å². The van der Waals surface area contributed by atoms with E-state index in [1.165, 1.54) is 13.4 Å². The number of amides is 1. The molecule has 1 amide bonds. The minimum absolute atomic E-state index is 0.186. The summed E-state index contributed by atoms with van der Waals surface area (Å²) >= 11 is 1.55. The Morgan fingerprint density at radius 2 is 2.53 bits per heavy atom. The van der Waals surface area contributed by atoms with Crippen LogP contribution in [0.2, 0.25) is 0 Å². The van der Waals surface area contributed by atoms with Gasteiger partial charge in [0.2, 0.25) is 11.8 Å². The largest absolute Gasteiger partial charge is 0.443 e. The average molecular weight is 281 g/mol. The van der Waals surface area contributed by atoms with Crippen LogP contribution in [0.3, 0.4) is 0 Å². The predicted octanol–water partition coefficient (Wildman–Crippen LogP) is 0.993. The van der Waals surface area contributed by atoms with Crippen molar-refractivity contribution in [3.8, 4) is 10.8 Å². The fourth-order valence-electron chi connectivity index (χ4n) is 1.47. The van der Waals surface area contributed by atoms with Crippen LogP contribution in [0.4, 0.5) is 0 Å². The number of carbonyl (C=O) groups is 1. The van der Waals surface area contributed by atoms with E-state index in [9.17, 15) is 4.79 Å². The number of nitrogens with two attached hydrogens (primary N) is 1. The first kappa shape index (κ1) is 13.7. The number of ether oxygens (including phenoxy) is 1. The quantitative estimate of drug-likeness (QED) is 0.824. The third kappa shape index (κ3) is 3.63. The van der Waals surface area contributed by atoms with Gasteiger partial charge in [-0.15, -0.1) is 11.3 Å². The smallest absolute Gasteiger partial charge is 0.239 e. The minimum atomic E-state index is -0.673. The molecule has 0 bridgehead atoms. The lowest BCUT2D eigenvalue weighted by Crippen LogP contribution is -2.43. The normalized spacial score (nSPS) is 12.3. The van der Waals surface area contributed by atoms with Gasteiger partial charge in [0.25, 0.3) is 0 Å². The molecule has 0 radical (unpaired) electrons. The van der Waals surface area contributed by atoms with Crippen molar-refractivity contribution in [3.05, 3.63) is 29.5 Å². The third-order valence-corrected chi connectivity index (χ3v) is 3.27. The van der Waals surface area contributed by atoms with E-state index in [4.69, 9.17) is 14.9 Å². The summed E-state index contributed by atoms with van der Waals surface area (Å²) in [5.74, 6) is 0.281. The molecule has 6 nitrogen and oxygen atoms in total. The van der Waals surface area contributed by atoms with E-state index in [0.717, 1.165) is 4.88 Å². The van der Waals surface area contributed by atoms with E-state index < -0.39 is 6.04 Å². The number of hydrogen-bond donors (Lipinski definition) is 2. The lowest BCUT2D eigenvalue weighted by atomic mass is 10.3. The number of thiophene rings is 1. The van der Waals surface area contributed by atoms with Crippen molar-refractivity contribution in [1.29, 1.82) is 0 Å². The molecule has 2 heterocycles. The molecule has 19 heavy (non-hydrogen) atoms. The Balaban J connectivity index is 1.89. The van der Waals surface area contributed by atoms with Crippen LogP contribution in [0.5, 0.6) is 0 Å². The first-order valence-corrected chi connectivity index (χ1v) is 6.59. The predicted molar refractivity (Wildman–Crippen MR) is 71.5 cm³/mol. The van der Waals surface area contributed by atoms with E-state index in [1.54, 1.807) is 11.3 Å². The SMILES string of the molecule is COCC(N)C(=O)NCc1coc(-c2cccs2)n1. The van der Waals surface area contributed by atoms with Crippen molar-refractivity contribution in [1.82, 2.24) is 10.3 Å². The van der Waals surface area contributed by atoms with Crippen molar-refractivity contribution in [2.75, 3.05) is 13.7 Å². The maximum atomic E-state index is 11.6. The maximum absolute atomic E-state index is 11.6. The zero-order valence-corrected chi connectivity index (χ0v) is 11.3. The summed E-state index contributed by atoms with van der Waals surface area (Å²) in [6.45, 7) is 0.468. The van der Waals surface area contributed by atoms with Gasteiger partial charge in [-0.3, -0.25) is 4.79 Å². The number of carbonyl (C=O) groups excluding carboxylic acids is 1. The summed E-state index contributed by atoms with van der Waals surface area (Å²) in [5.41, 5.74) is 6.25. The van der Waals surface area contributed by atoms with Gasteiger partial charge in [0.1, 0.15) is 12.3 Å². The van der Waals surface area contributed by atoms with Gasteiger partial charge in [0, 0.05) is 7.11 Å². The molecule has 3 N–H and O–H groups in total. The number of methoxy groups -OCH3 is 1. The summed E-state index contributed by atoms with van der Waals surface area (Å²) in [6.07, 6.45) is 1.52. The fraction of sp³-hybridized carbons (Fsp3) is 0.333. The summed E-state index contributed by atoms with van der Waals surface area (Å²) in [7, 11) is 1.50. The minimum Gasteiger partial charge on any atom is -0.443 e. The molecule has 2 rings (SSSR count). The van der Waals surface area contributed by atoms with E-state index in [1.807, 2.05) is 17.5 Å². The highest BCUT2D eigenvalue weighted by Gasteiger charge is 2.13. The molecule has 0 aromatic carbocycles. The van der Waals surface area contributed by atoms with Crippen LogP contribution in [0.25, 0.3) is 10.8 Å². The second-order valence-corrected chi connectivity index (χ2v) is 4.85. The second kappa shape index (κ2) is 6.46. The molecule has 1 unspecified atom stereocenters. The molecule has 102 valence electrons. The number of rotatable bonds is 6. The van der Waals surface area contributed by atoms with Gasteiger partial charge in [-0.1, -0.05) is 6.07 Å². The van der Waals surface area contributed by atoms with Crippen molar-refractivity contribution >= 4 is 17.2 Å². The van der Waals surface area contributed by atoms with Crippen LogP contribution in [-0.4, -0.2) is 30.6 Å². The molecule has 0 aliphatic heterocycles. The van der Waals surface area contributed by atoms with Crippen LogP contribution in [0.15, 0.2) is 28.2 Å². The Kier molecular flexibility index (Phi) is 4.67. The number of oxazole rings is 1. The summed E-state index contributed by atoms with van der Waals surface area (Å²) in [4.78, 5) is 16.8. The maximum Gasteiger partial charge on any atom is 0.239 e. The second-order valence-electron chi connectivity index (χ2n) is 3.90. The number of aromatic nitrogens is 1. The van der Waals surface area contributed by atoms with Gasteiger partial charge in [-0.25, -0.2) is 4.98 Å². The molecule has 0 saturated carbocycles. The summed E-state index contributed by atoms with van der Waals surface area (Å²) < 4.78 is 10.2. The molecular weight excluding hydrogens is 266 g/mol. The molecule has 0 saturated heterocycles. The van der Waals surface area contributed by atoms with Gasteiger partial charge in [-0.2, -0.15) is 0 Å². The van der Waals surface area contributed by atoms with Gasteiger partial charge in [-0.05, 0) is 11.4 Å². The topological polar surface area (TPSA) is 90.4 Å². The molecule has 0 fully saturated rings. The molecule has 2 aromatic heterocycles. The molecule has 1 atom stereocenters. The Morgan fingerprint density at radius 1 is 1.68 bits per heavy atom. The van der Waals surface area contributed by atoms with Gasteiger partial charge in [0.15, 0.2) is 0 Å². The van der Waals surface area contributed by atoms with Crippen LogP contribution in [0.1, 0.15) is 5.69 Å². The standard InChI is InChI=1S/C12H15N3O3S/c1-17-7-9(13)11(16)14-5-8-6-18-12(15-8)10-3-2-4-19-10/h2-4,6,9H,5,7,13H2,1H3,(H,14,16).